The molecule has 0 saturated carbocycles. The number of ether oxygens (including phenoxy) is 1. The molecule has 1 atom stereocenters. The molecule has 3 rings (SSSR count). The van der Waals surface area contributed by atoms with Crippen molar-refractivity contribution in [1.82, 2.24) is 14.7 Å². The summed E-state index contributed by atoms with van der Waals surface area (Å²) >= 11 is 0. The molecule has 0 N–H and O–H groups in total. The van der Waals surface area contributed by atoms with E-state index in [1.165, 1.54) is 11.1 Å². The van der Waals surface area contributed by atoms with Gasteiger partial charge in [0.25, 0.3) is 0 Å². The summed E-state index contributed by atoms with van der Waals surface area (Å²) in [6.07, 6.45) is 4.42. The maximum atomic E-state index is 12.4. The number of amides is 1. The molecule has 28 heavy (non-hydrogen) atoms. The van der Waals surface area contributed by atoms with Crippen LogP contribution in [-0.2, 0) is 4.79 Å². The fraction of sp³-hybridized carbons (Fsp3) is 0.609. The van der Waals surface area contributed by atoms with Crippen LogP contribution in [0.15, 0.2) is 30.9 Å². The summed E-state index contributed by atoms with van der Waals surface area (Å²) in [6, 6.07) is 6.29. The van der Waals surface area contributed by atoms with Crippen molar-refractivity contribution >= 4 is 5.91 Å². The van der Waals surface area contributed by atoms with Gasteiger partial charge in [-0.15, -0.1) is 6.58 Å². The highest BCUT2D eigenvalue weighted by Crippen LogP contribution is 2.32. The van der Waals surface area contributed by atoms with Gasteiger partial charge < -0.3 is 9.64 Å². The Morgan fingerprint density at radius 2 is 2.00 bits per heavy atom. The Labute approximate surface area is 169 Å². The number of carbonyl (C=O) groups excluding carboxylic acids is 1. The zero-order valence-electron chi connectivity index (χ0n) is 17.7. The zero-order valence-corrected chi connectivity index (χ0v) is 17.7. The second-order valence-electron chi connectivity index (χ2n) is 8.40. The highest BCUT2D eigenvalue weighted by atomic mass is 16.5. The first-order valence-corrected chi connectivity index (χ1v) is 10.5. The molecule has 0 radical (unpaired) electrons. The molecule has 2 heterocycles. The van der Waals surface area contributed by atoms with E-state index < -0.39 is 0 Å². The lowest BCUT2D eigenvalue weighted by atomic mass is 9.86. The summed E-state index contributed by atoms with van der Waals surface area (Å²) in [6.45, 7) is 14.2. The van der Waals surface area contributed by atoms with Gasteiger partial charge in [0, 0.05) is 51.2 Å². The van der Waals surface area contributed by atoms with Crippen LogP contribution >= 0.6 is 0 Å². The molecule has 154 valence electrons. The van der Waals surface area contributed by atoms with Gasteiger partial charge in [0.2, 0.25) is 5.91 Å². The standard InChI is InChI=1S/C23H35N3O2/c1-5-11-26-12-10-23(9-8-22(26)27)18-25(14-13-24(23)4)15-16-28-21-7-6-19(2)20(3)17-21/h5-7,17H,1,8-16,18H2,2-4H3. The third-order valence-corrected chi connectivity index (χ3v) is 6.59. The summed E-state index contributed by atoms with van der Waals surface area (Å²) in [4.78, 5) is 19.4. The van der Waals surface area contributed by atoms with E-state index in [1.807, 2.05) is 11.0 Å². The fourth-order valence-electron chi connectivity index (χ4n) is 4.41. The minimum absolute atomic E-state index is 0.0876. The molecule has 2 aliphatic heterocycles. The Morgan fingerprint density at radius 1 is 1.18 bits per heavy atom. The third-order valence-electron chi connectivity index (χ3n) is 6.59. The van der Waals surface area contributed by atoms with Gasteiger partial charge in [-0.3, -0.25) is 14.6 Å². The van der Waals surface area contributed by atoms with Crippen LogP contribution in [0.5, 0.6) is 5.75 Å². The Kier molecular flexibility index (Phi) is 6.78. The van der Waals surface area contributed by atoms with Crippen LogP contribution in [0.3, 0.4) is 0 Å². The summed E-state index contributed by atoms with van der Waals surface area (Å²) in [5.41, 5.74) is 2.65. The minimum atomic E-state index is 0.0876. The molecule has 2 saturated heterocycles. The SMILES string of the molecule is C=CCN1CCC2(CCC1=O)CN(CCOc1ccc(C)c(C)c1)CCN2C. The van der Waals surface area contributed by atoms with Crippen molar-refractivity contribution in [3.63, 3.8) is 0 Å². The maximum Gasteiger partial charge on any atom is 0.222 e. The molecule has 1 aromatic carbocycles. The number of benzene rings is 1. The number of likely N-dealkylation sites (tertiary alicyclic amines) is 1. The lowest BCUT2D eigenvalue weighted by Gasteiger charge is -2.49. The molecule has 1 aromatic rings. The monoisotopic (exact) mass is 385 g/mol. The highest BCUT2D eigenvalue weighted by Gasteiger charge is 2.41. The van der Waals surface area contributed by atoms with E-state index in [-0.39, 0.29) is 11.4 Å². The first-order chi connectivity index (χ1) is 13.4. The fourth-order valence-corrected chi connectivity index (χ4v) is 4.41. The number of likely N-dealkylation sites (N-methyl/N-ethyl adjacent to an activating group) is 1. The molecule has 5 nitrogen and oxygen atoms in total. The van der Waals surface area contributed by atoms with Crippen molar-refractivity contribution in [3.05, 3.63) is 42.0 Å². The van der Waals surface area contributed by atoms with E-state index >= 15 is 0 Å². The molecular formula is C23H35N3O2. The lowest BCUT2D eigenvalue weighted by Crippen LogP contribution is -2.61. The van der Waals surface area contributed by atoms with Crippen LogP contribution in [0.4, 0.5) is 0 Å². The molecule has 0 aromatic heterocycles. The Morgan fingerprint density at radius 3 is 2.75 bits per heavy atom. The van der Waals surface area contributed by atoms with Gasteiger partial charge in [-0.1, -0.05) is 12.1 Å². The molecule has 2 aliphatic rings. The largest absolute Gasteiger partial charge is 0.492 e. The average Bonchev–Trinajstić information content (AvgIpc) is 2.83. The topological polar surface area (TPSA) is 36.0 Å². The van der Waals surface area contributed by atoms with Crippen LogP contribution in [-0.4, -0.2) is 79.1 Å². The predicted molar refractivity (Wildman–Crippen MR) is 114 cm³/mol. The third kappa shape index (κ3) is 4.76. The van der Waals surface area contributed by atoms with E-state index in [1.54, 1.807) is 0 Å². The van der Waals surface area contributed by atoms with Crippen molar-refractivity contribution in [2.24, 2.45) is 0 Å². The van der Waals surface area contributed by atoms with E-state index in [0.717, 1.165) is 51.3 Å². The molecule has 0 aliphatic carbocycles. The van der Waals surface area contributed by atoms with Crippen LogP contribution in [0, 0.1) is 13.8 Å². The quantitative estimate of drug-likeness (QED) is 0.706. The Hall–Kier alpha value is -1.85. The van der Waals surface area contributed by atoms with Crippen molar-refractivity contribution in [1.29, 1.82) is 0 Å². The average molecular weight is 386 g/mol. The van der Waals surface area contributed by atoms with Crippen LogP contribution in [0.2, 0.25) is 0 Å². The summed E-state index contributed by atoms with van der Waals surface area (Å²) in [7, 11) is 2.22. The number of hydrogen-bond donors (Lipinski definition) is 0. The number of nitrogens with zero attached hydrogens (tertiary/aromatic N) is 3. The molecule has 2 fully saturated rings. The predicted octanol–water partition coefficient (Wildman–Crippen LogP) is 2.87. The lowest BCUT2D eigenvalue weighted by molar-refractivity contribution is -0.130. The van der Waals surface area contributed by atoms with Gasteiger partial charge in [0.1, 0.15) is 12.4 Å². The van der Waals surface area contributed by atoms with Crippen molar-refractivity contribution in [2.45, 2.75) is 38.6 Å². The second kappa shape index (κ2) is 9.10. The molecule has 1 amide bonds. The summed E-state index contributed by atoms with van der Waals surface area (Å²) in [5.74, 6) is 1.22. The molecule has 1 spiro atoms. The maximum absolute atomic E-state index is 12.4. The van der Waals surface area contributed by atoms with Gasteiger partial charge in [-0.2, -0.15) is 0 Å². The summed E-state index contributed by atoms with van der Waals surface area (Å²) < 4.78 is 6.01. The van der Waals surface area contributed by atoms with E-state index in [4.69, 9.17) is 4.74 Å². The van der Waals surface area contributed by atoms with Gasteiger partial charge >= 0.3 is 0 Å². The minimum Gasteiger partial charge on any atom is -0.492 e. The molecule has 1 unspecified atom stereocenters. The number of aryl methyl sites for hydroxylation is 2. The second-order valence-corrected chi connectivity index (χ2v) is 8.40. The van der Waals surface area contributed by atoms with Crippen LogP contribution in [0.1, 0.15) is 30.4 Å². The highest BCUT2D eigenvalue weighted by molar-refractivity contribution is 5.76. The van der Waals surface area contributed by atoms with E-state index in [9.17, 15) is 4.79 Å². The smallest absolute Gasteiger partial charge is 0.222 e. The van der Waals surface area contributed by atoms with Gasteiger partial charge in [-0.05, 0) is 57.0 Å². The van der Waals surface area contributed by atoms with E-state index in [0.29, 0.717) is 19.6 Å². The van der Waals surface area contributed by atoms with Crippen molar-refractivity contribution in [2.75, 3.05) is 52.9 Å². The zero-order chi connectivity index (χ0) is 20.1. The number of piperazine rings is 1. The first-order valence-electron chi connectivity index (χ1n) is 10.5. The molecule has 0 bridgehead atoms. The molecular weight excluding hydrogens is 350 g/mol. The van der Waals surface area contributed by atoms with Crippen molar-refractivity contribution < 1.29 is 9.53 Å². The number of hydrogen-bond acceptors (Lipinski definition) is 4. The molecule has 5 heteroatoms. The Balaban J connectivity index is 1.57. The van der Waals surface area contributed by atoms with Crippen LogP contribution in [0.25, 0.3) is 0 Å². The normalized spacial score (nSPS) is 24.4. The van der Waals surface area contributed by atoms with Crippen molar-refractivity contribution in [3.8, 4) is 5.75 Å². The number of rotatable bonds is 6. The van der Waals surface area contributed by atoms with Gasteiger partial charge in [0.15, 0.2) is 0 Å². The number of carbonyl (C=O) groups is 1. The first kappa shape index (κ1) is 20.9. The van der Waals surface area contributed by atoms with Gasteiger partial charge in [0.05, 0.1) is 0 Å². The Bertz CT molecular complexity index is 705. The van der Waals surface area contributed by atoms with Crippen LogP contribution < -0.4 is 4.74 Å². The van der Waals surface area contributed by atoms with Gasteiger partial charge in [-0.25, -0.2) is 0 Å². The summed E-state index contributed by atoms with van der Waals surface area (Å²) in [5, 5.41) is 0. The van der Waals surface area contributed by atoms with E-state index in [2.05, 4.69) is 55.5 Å².